The standard InChI is InChI=1S/C16H25N3/c1-2-6-15-14(5-1)13-17-8-7-16(15)18-9-12-19-10-3-4-11-19/h1-2,5-6,16-18H,3-4,7-13H2. The van der Waals surface area contributed by atoms with Crippen molar-refractivity contribution < 1.29 is 0 Å². The molecule has 1 atom stereocenters. The molecule has 1 aromatic rings. The van der Waals surface area contributed by atoms with Crippen molar-refractivity contribution in [1.82, 2.24) is 15.5 Å². The third-order valence-corrected chi connectivity index (χ3v) is 4.37. The van der Waals surface area contributed by atoms with Crippen molar-refractivity contribution >= 4 is 0 Å². The molecule has 1 aromatic carbocycles. The van der Waals surface area contributed by atoms with Crippen LogP contribution in [-0.4, -0.2) is 37.6 Å². The zero-order valence-electron chi connectivity index (χ0n) is 11.7. The SMILES string of the molecule is c1ccc2c(c1)CNCCC2NCCN1CCCC1. The molecule has 0 bridgehead atoms. The van der Waals surface area contributed by atoms with Gasteiger partial charge in [0.15, 0.2) is 0 Å². The molecule has 0 spiro atoms. The van der Waals surface area contributed by atoms with Crippen LogP contribution in [0.1, 0.15) is 36.4 Å². The number of hydrogen-bond acceptors (Lipinski definition) is 3. The highest BCUT2D eigenvalue weighted by Gasteiger charge is 2.18. The Morgan fingerprint density at radius 1 is 1.21 bits per heavy atom. The zero-order chi connectivity index (χ0) is 12.9. The highest BCUT2D eigenvalue weighted by atomic mass is 15.2. The minimum Gasteiger partial charge on any atom is -0.313 e. The average molecular weight is 259 g/mol. The predicted octanol–water partition coefficient (Wildman–Crippen LogP) is 1.91. The molecule has 3 nitrogen and oxygen atoms in total. The maximum Gasteiger partial charge on any atom is 0.0336 e. The monoisotopic (exact) mass is 259 g/mol. The molecule has 2 aliphatic heterocycles. The molecule has 0 radical (unpaired) electrons. The Morgan fingerprint density at radius 2 is 2.05 bits per heavy atom. The summed E-state index contributed by atoms with van der Waals surface area (Å²) in [5.74, 6) is 0. The lowest BCUT2D eigenvalue weighted by atomic mass is 9.99. The molecular weight excluding hydrogens is 234 g/mol. The van der Waals surface area contributed by atoms with Crippen LogP contribution >= 0.6 is 0 Å². The van der Waals surface area contributed by atoms with Crippen LogP contribution in [-0.2, 0) is 6.54 Å². The molecular formula is C16H25N3. The van der Waals surface area contributed by atoms with Crippen molar-refractivity contribution in [3.05, 3.63) is 35.4 Å². The quantitative estimate of drug-likeness (QED) is 0.865. The molecule has 1 fully saturated rings. The third kappa shape index (κ3) is 3.35. The predicted molar refractivity (Wildman–Crippen MR) is 79.2 cm³/mol. The van der Waals surface area contributed by atoms with Crippen molar-refractivity contribution in [2.45, 2.75) is 31.8 Å². The van der Waals surface area contributed by atoms with E-state index < -0.39 is 0 Å². The summed E-state index contributed by atoms with van der Waals surface area (Å²) in [6.45, 7) is 7.02. The maximum absolute atomic E-state index is 3.76. The second-order valence-electron chi connectivity index (χ2n) is 5.72. The molecule has 2 heterocycles. The molecule has 2 N–H and O–H groups in total. The molecule has 2 aliphatic rings. The second kappa shape index (κ2) is 6.51. The van der Waals surface area contributed by atoms with Crippen molar-refractivity contribution in [3.8, 4) is 0 Å². The van der Waals surface area contributed by atoms with Crippen LogP contribution < -0.4 is 10.6 Å². The number of fused-ring (bicyclic) bond motifs is 1. The zero-order valence-corrected chi connectivity index (χ0v) is 11.7. The third-order valence-electron chi connectivity index (χ3n) is 4.37. The molecule has 0 aliphatic carbocycles. The van der Waals surface area contributed by atoms with Crippen LogP contribution in [0.2, 0.25) is 0 Å². The molecule has 0 amide bonds. The van der Waals surface area contributed by atoms with Gasteiger partial charge in [0, 0.05) is 25.7 Å². The fraction of sp³-hybridized carbons (Fsp3) is 0.625. The van der Waals surface area contributed by atoms with Crippen molar-refractivity contribution in [2.24, 2.45) is 0 Å². The molecule has 19 heavy (non-hydrogen) atoms. The van der Waals surface area contributed by atoms with Gasteiger partial charge in [-0.1, -0.05) is 24.3 Å². The van der Waals surface area contributed by atoms with Gasteiger partial charge in [0.1, 0.15) is 0 Å². The van der Waals surface area contributed by atoms with E-state index in [-0.39, 0.29) is 0 Å². The van der Waals surface area contributed by atoms with Gasteiger partial charge in [-0.2, -0.15) is 0 Å². The van der Waals surface area contributed by atoms with E-state index in [2.05, 4.69) is 39.8 Å². The first-order chi connectivity index (χ1) is 9.43. The van der Waals surface area contributed by atoms with Gasteiger partial charge in [-0.15, -0.1) is 0 Å². The summed E-state index contributed by atoms with van der Waals surface area (Å²) < 4.78 is 0. The Bertz CT molecular complexity index is 399. The van der Waals surface area contributed by atoms with E-state index in [1.165, 1.54) is 50.0 Å². The van der Waals surface area contributed by atoms with E-state index in [0.717, 1.165) is 19.6 Å². The Balaban J connectivity index is 1.57. The highest BCUT2D eigenvalue weighted by molar-refractivity contribution is 5.30. The molecule has 0 aromatic heterocycles. The highest BCUT2D eigenvalue weighted by Crippen LogP contribution is 2.23. The smallest absolute Gasteiger partial charge is 0.0336 e. The van der Waals surface area contributed by atoms with E-state index in [0.29, 0.717) is 6.04 Å². The van der Waals surface area contributed by atoms with E-state index in [1.807, 2.05) is 0 Å². The fourth-order valence-corrected chi connectivity index (χ4v) is 3.28. The lowest BCUT2D eigenvalue weighted by Gasteiger charge is -2.21. The summed E-state index contributed by atoms with van der Waals surface area (Å²) in [7, 11) is 0. The topological polar surface area (TPSA) is 27.3 Å². The summed E-state index contributed by atoms with van der Waals surface area (Å²) in [6, 6.07) is 9.37. The minimum absolute atomic E-state index is 0.522. The van der Waals surface area contributed by atoms with Crippen LogP contribution in [0.3, 0.4) is 0 Å². The number of rotatable bonds is 4. The van der Waals surface area contributed by atoms with Crippen LogP contribution in [0.5, 0.6) is 0 Å². The molecule has 3 heteroatoms. The van der Waals surface area contributed by atoms with Crippen LogP contribution in [0.4, 0.5) is 0 Å². The lowest BCUT2D eigenvalue weighted by molar-refractivity contribution is 0.325. The van der Waals surface area contributed by atoms with E-state index >= 15 is 0 Å². The number of nitrogens with zero attached hydrogens (tertiary/aromatic N) is 1. The molecule has 1 saturated heterocycles. The summed E-state index contributed by atoms with van der Waals surface area (Å²) in [4.78, 5) is 2.58. The van der Waals surface area contributed by atoms with E-state index in [9.17, 15) is 0 Å². The maximum atomic E-state index is 3.76. The summed E-state index contributed by atoms with van der Waals surface area (Å²) in [6.07, 6.45) is 3.96. The molecule has 0 saturated carbocycles. The Hall–Kier alpha value is -0.900. The lowest BCUT2D eigenvalue weighted by Crippen LogP contribution is -2.32. The normalized spacial score (nSPS) is 24.1. The largest absolute Gasteiger partial charge is 0.313 e. The first-order valence-electron chi connectivity index (χ1n) is 7.68. The molecule has 1 unspecified atom stereocenters. The van der Waals surface area contributed by atoms with Crippen molar-refractivity contribution in [2.75, 3.05) is 32.7 Å². The van der Waals surface area contributed by atoms with Gasteiger partial charge in [-0.3, -0.25) is 0 Å². The number of benzene rings is 1. The number of nitrogens with one attached hydrogen (secondary N) is 2. The average Bonchev–Trinajstić information content (AvgIpc) is 2.87. The van der Waals surface area contributed by atoms with Gasteiger partial charge < -0.3 is 15.5 Å². The summed E-state index contributed by atoms with van der Waals surface area (Å²) in [5.41, 5.74) is 2.95. The fourth-order valence-electron chi connectivity index (χ4n) is 3.28. The van der Waals surface area contributed by atoms with Gasteiger partial charge in [0.25, 0.3) is 0 Å². The number of likely N-dealkylation sites (tertiary alicyclic amines) is 1. The van der Waals surface area contributed by atoms with Crippen molar-refractivity contribution in [3.63, 3.8) is 0 Å². The number of hydrogen-bond donors (Lipinski definition) is 2. The first kappa shape index (κ1) is 13.1. The second-order valence-corrected chi connectivity index (χ2v) is 5.72. The van der Waals surface area contributed by atoms with Crippen LogP contribution in [0, 0.1) is 0 Å². The Labute approximate surface area is 116 Å². The summed E-state index contributed by atoms with van der Waals surface area (Å²) in [5, 5.41) is 7.28. The Kier molecular flexibility index (Phi) is 4.49. The van der Waals surface area contributed by atoms with Gasteiger partial charge >= 0.3 is 0 Å². The molecule has 104 valence electrons. The summed E-state index contributed by atoms with van der Waals surface area (Å²) >= 11 is 0. The van der Waals surface area contributed by atoms with Gasteiger partial charge in [-0.05, 0) is 50.0 Å². The van der Waals surface area contributed by atoms with Crippen LogP contribution in [0.15, 0.2) is 24.3 Å². The van der Waals surface area contributed by atoms with E-state index in [1.54, 1.807) is 0 Å². The van der Waals surface area contributed by atoms with Gasteiger partial charge in [-0.25, -0.2) is 0 Å². The Morgan fingerprint density at radius 3 is 2.95 bits per heavy atom. The van der Waals surface area contributed by atoms with Crippen LogP contribution in [0.25, 0.3) is 0 Å². The van der Waals surface area contributed by atoms with Gasteiger partial charge in [0.05, 0.1) is 0 Å². The van der Waals surface area contributed by atoms with E-state index in [4.69, 9.17) is 0 Å². The molecule has 3 rings (SSSR count). The van der Waals surface area contributed by atoms with Crippen molar-refractivity contribution in [1.29, 1.82) is 0 Å². The van der Waals surface area contributed by atoms with Gasteiger partial charge in [0.2, 0.25) is 0 Å². The minimum atomic E-state index is 0.522. The first-order valence-corrected chi connectivity index (χ1v) is 7.68.